The van der Waals surface area contributed by atoms with Gasteiger partial charge >= 0.3 is 5.97 Å². The highest BCUT2D eigenvalue weighted by Crippen LogP contribution is 2.10. The summed E-state index contributed by atoms with van der Waals surface area (Å²) < 4.78 is 5.16. The molecule has 0 aliphatic carbocycles. The summed E-state index contributed by atoms with van der Waals surface area (Å²) in [4.78, 5) is 32.2. The number of hydrogen-bond donors (Lipinski definition) is 0. The van der Waals surface area contributed by atoms with E-state index in [1.54, 1.807) is 7.05 Å². The van der Waals surface area contributed by atoms with Gasteiger partial charge in [-0.05, 0) is 5.56 Å². The molecule has 0 spiro atoms. The lowest BCUT2D eigenvalue weighted by atomic mass is 10.1. The maximum Gasteiger partial charge on any atom is 0.335 e. The van der Waals surface area contributed by atoms with Gasteiger partial charge in [0.25, 0.3) is 0 Å². The number of esters is 1. The topological polar surface area (TPSA) is 72.4 Å². The van der Waals surface area contributed by atoms with Crippen LogP contribution in [0.25, 0.3) is 0 Å². The molecular formula is C15H15N3O3. The average molecular weight is 285 g/mol. The van der Waals surface area contributed by atoms with Gasteiger partial charge in [-0.15, -0.1) is 0 Å². The number of ether oxygens (including phenoxy) is 1. The van der Waals surface area contributed by atoms with Crippen molar-refractivity contribution in [1.82, 2.24) is 14.9 Å². The quantitative estimate of drug-likeness (QED) is 0.586. The highest BCUT2D eigenvalue weighted by Gasteiger charge is 2.25. The Morgan fingerprint density at radius 2 is 2.10 bits per heavy atom. The van der Waals surface area contributed by atoms with E-state index in [-0.39, 0.29) is 5.88 Å². The number of carbonyl (C=O) groups is 2. The van der Waals surface area contributed by atoms with Crippen LogP contribution in [0.3, 0.4) is 0 Å². The van der Waals surface area contributed by atoms with Crippen molar-refractivity contribution in [3.63, 3.8) is 0 Å². The molecule has 0 radical (unpaired) electrons. The first kappa shape index (κ1) is 14.6. The Balaban J connectivity index is 2.12. The van der Waals surface area contributed by atoms with Gasteiger partial charge in [0, 0.05) is 25.9 Å². The molecule has 1 aromatic heterocycles. The van der Waals surface area contributed by atoms with Gasteiger partial charge in [-0.25, -0.2) is 9.78 Å². The van der Waals surface area contributed by atoms with Crippen LogP contribution in [0.4, 0.5) is 0 Å². The molecule has 6 heteroatoms. The molecule has 2 aromatic rings. The lowest BCUT2D eigenvalue weighted by Crippen LogP contribution is -2.42. The molecule has 0 bridgehead atoms. The van der Waals surface area contributed by atoms with Crippen molar-refractivity contribution in [3.8, 4) is 5.88 Å². The van der Waals surface area contributed by atoms with Crippen molar-refractivity contribution in [2.75, 3.05) is 7.05 Å². The molecule has 0 fully saturated rings. The molecule has 1 amide bonds. The van der Waals surface area contributed by atoms with Gasteiger partial charge in [0.05, 0.1) is 6.20 Å². The van der Waals surface area contributed by atoms with Crippen molar-refractivity contribution in [2.45, 2.75) is 12.5 Å². The van der Waals surface area contributed by atoms with Crippen molar-refractivity contribution < 1.29 is 14.3 Å². The van der Waals surface area contributed by atoms with Gasteiger partial charge in [0.2, 0.25) is 12.3 Å². The number of amides is 1. The van der Waals surface area contributed by atoms with Crippen LogP contribution in [0.1, 0.15) is 5.56 Å². The zero-order valence-corrected chi connectivity index (χ0v) is 11.5. The molecule has 0 unspecified atom stereocenters. The second-order valence-corrected chi connectivity index (χ2v) is 4.44. The van der Waals surface area contributed by atoms with Crippen LogP contribution in [-0.2, 0) is 16.0 Å². The SMILES string of the molecule is CN(C=O)[C@@H](Cc1ccccc1)C(=O)Oc1cnccn1. The van der Waals surface area contributed by atoms with Gasteiger partial charge in [0.15, 0.2) is 0 Å². The number of aromatic nitrogens is 2. The molecular weight excluding hydrogens is 270 g/mol. The van der Waals surface area contributed by atoms with E-state index in [2.05, 4.69) is 9.97 Å². The summed E-state index contributed by atoms with van der Waals surface area (Å²) in [5, 5.41) is 0. The van der Waals surface area contributed by atoms with Crippen LogP contribution in [0, 0.1) is 0 Å². The normalized spacial score (nSPS) is 11.5. The molecule has 0 N–H and O–H groups in total. The van der Waals surface area contributed by atoms with Crippen molar-refractivity contribution in [2.24, 2.45) is 0 Å². The summed E-state index contributed by atoms with van der Waals surface area (Å²) in [6.45, 7) is 0. The monoisotopic (exact) mass is 285 g/mol. The Morgan fingerprint density at radius 3 is 2.71 bits per heavy atom. The number of nitrogens with zero attached hydrogens (tertiary/aromatic N) is 3. The van der Waals surface area contributed by atoms with E-state index < -0.39 is 12.0 Å². The first-order valence-corrected chi connectivity index (χ1v) is 6.39. The third-order valence-electron chi connectivity index (χ3n) is 2.95. The predicted molar refractivity (Wildman–Crippen MR) is 75.4 cm³/mol. The van der Waals surface area contributed by atoms with E-state index in [9.17, 15) is 9.59 Å². The lowest BCUT2D eigenvalue weighted by Gasteiger charge is -2.22. The van der Waals surface area contributed by atoms with E-state index in [0.29, 0.717) is 12.8 Å². The summed E-state index contributed by atoms with van der Waals surface area (Å²) in [5.41, 5.74) is 0.937. The number of likely N-dealkylation sites (N-methyl/N-ethyl adjacent to an activating group) is 1. The van der Waals surface area contributed by atoms with E-state index in [4.69, 9.17) is 4.74 Å². The zero-order valence-electron chi connectivity index (χ0n) is 11.5. The third kappa shape index (κ3) is 4.10. The van der Waals surface area contributed by atoms with Crippen LogP contribution >= 0.6 is 0 Å². The fourth-order valence-corrected chi connectivity index (χ4v) is 1.81. The minimum Gasteiger partial charge on any atom is -0.404 e. The number of rotatable bonds is 6. The standard InChI is InChI=1S/C15H15N3O3/c1-18(11-19)13(9-12-5-3-2-4-6-12)15(20)21-14-10-16-7-8-17-14/h2-8,10-11,13H,9H2,1H3/t13-/m0/s1. The molecule has 0 saturated heterocycles. The average Bonchev–Trinajstić information content (AvgIpc) is 2.53. The van der Waals surface area contributed by atoms with Crippen LogP contribution in [0.5, 0.6) is 5.88 Å². The molecule has 1 atom stereocenters. The lowest BCUT2D eigenvalue weighted by molar-refractivity contribution is -0.143. The molecule has 21 heavy (non-hydrogen) atoms. The van der Waals surface area contributed by atoms with Gasteiger partial charge in [-0.1, -0.05) is 30.3 Å². The molecule has 108 valence electrons. The predicted octanol–water partition coefficient (Wildman–Crippen LogP) is 1.08. The first-order chi connectivity index (χ1) is 10.2. The number of benzene rings is 1. The second-order valence-electron chi connectivity index (χ2n) is 4.44. The maximum absolute atomic E-state index is 12.2. The highest BCUT2D eigenvalue weighted by atomic mass is 16.5. The second kappa shape index (κ2) is 7.14. The minimum atomic E-state index is -0.716. The highest BCUT2D eigenvalue weighted by molar-refractivity contribution is 5.80. The van der Waals surface area contributed by atoms with Crippen LogP contribution in [-0.4, -0.2) is 40.3 Å². The smallest absolute Gasteiger partial charge is 0.335 e. The summed E-state index contributed by atoms with van der Waals surface area (Å²) in [5.74, 6) is -0.436. The molecule has 0 saturated carbocycles. The van der Waals surface area contributed by atoms with E-state index in [1.165, 1.54) is 23.5 Å². The fourth-order valence-electron chi connectivity index (χ4n) is 1.81. The summed E-state index contributed by atoms with van der Waals surface area (Å²) in [7, 11) is 1.54. The van der Waals surface area contributed by atoms with Crippen molar-refractivity contribution in [3.05, 3.63) is 54.5 Å². The Kier molecular flexibility index (Phi) is 4.98. The van der Waals surface area contributed by atoms with Crippen molar-refractivity contribution in [1.29, 1.82) is 0 Å². The molecule has 6 nitrogen and oxygen atoms in total. The number of carbonyl (C=O) groups excluding carboxylic acids is 2. The molecule has 0 aliphatic heterocycles. The van der Waals surface area contributed by atoms with E-state index >= 15 is 0 Å². The molecule has 0 aliphatic rings. The molecule has 1 heterocycles. The van der Waals surface area contributed by atoms with Gasteiger partial charge in [-0.2, -0.15) is 0 Å². The van der Waals surface area contributed by atoms with Crippen LogP contribution in [0.15, 0.2) is 48.9 Å². The maximum atomic E-state index is 12.2. The Hall–Kier alpha value is -2.76. The van der Waals surface area contributed by atoms with Crippen LogP contribution in [0.2, 0.25) is 0 Å². The van der Waals surface area contributed by atoms with E-state index in [0.717, 1.165) is 5.56 Å². The van der Waals surface area contributed by atoms with Gasteiger partial charge in [-0.3, -0.25) is 9.78 Å². The fraction of sp³-hybridized carbons (Fsp3) is 0.200. The molecule has 2 rings (SSSR count). The Bertz CT molecular complexity index is 590. The summed E-state index contributed by atoms with van der Waals surface area (Å²) in [6, 6.07) is 8.71. The first-order valence-electron chi connectivity index (χ1n) is 6.39. The largest absolute Gasteiger partial charge is 0.404 e. The molecule has 1 aromatic carbocycles. The summed E-state index contributed by atoms with van der Waals surface area (Å²) in [6.07, 6.45) is 5.23. The van der Waals surface area contributed by atoms with Crippen LogP contribution < -0.4 is 4.74 Å². The Labute approximate surface area is 122 Å². The van der Waals surface area contributed by atoms with Gasteiger partial charge < -0.3 is 9.64 Å². The van der Waals surface area contributed by atoms with E-state index in [1.807, 2.05) is 30.3 Å². The third-order valence-corrected chi connectivity index (χ3v) is 2.95. The Morgan fingerprint density at radius 1 is 1.33 bits per heavy atom. The van der Waals surface area contributed by atoms with Crippen molar-refractivity contribution >= 4 is 12.4 Å². The summed E-state index contributed by atoms with van der Waals surface area (Å²) >= 11 is 0. The van der Waals surface area contributed by atoms with Gasteiger partial charge in [0.1, 0.15) is 6.04 Å². The number of hydrogen-bond acceptors (Lipinski definition) is 5. The minimum absolute atomic E-state index is 0.111. The zero-order chi connectivity index (χ0) is 15.1.